The Kier molecular flexibility index (Phi) is 11.3. The zero-order valence-corrected chi connectivity index (χ0v) is 19.0. The van der Waals surface area contributed by atoms with Crippen LogP contribution in [0.15, 0.2) is 18.3 Å². The molecule has 0 saturated carbocycles. The van der Waals surface area contributed by atoms with Gasteiger partial charge in [0.1, 0.15) is 5.52 Å². The number of aromatic amines is 1. The summed E-state index contributed by atoms with van der Waals surface area (Å²) >= 11 is 0. The van der Waals surface area contributed by atoms with Gasteiger partial charge in [-0.3, -0.25) is 9.89 Å². The molecule has 0 aliphatic heterocycles. The van der Waals surface area contributed by atoms with Crippen molar-refractivity contribution in [3.8, 4) is 5.75 Å². The largest absolute Gasteiger partial charge is 0.505 e. The third-order valence-electron chi connectivity index (χ3n) is 5.98. The molecular formula is C25H41N3O2. The molecule has 5 heteroatoms. The highest BCUT2D eigenvalue weighted by atomic mass is 16.3. The minimum Gasteiger partial charge on any atom is -0.505 e. The Bertz CT molecular complexity index is 725. The Labute approximate surface area is 182 Å². The molecule has 1 amide bonds. The quantitative estimate of drug-likeness (QED) is 0.262. The van der Waals surface area contributed by atoms with Gasteiger partial charge in [0.2, 0.25) is 0 Å². The van der Waals surface area contributed by atoms with E-state index in [9.17, 15) is 9.90 Å². The maximum Gasteiger partial charge on any atom is 0.255 e. The van der Waals surface area contributed by atoms with Crippen LogP contribution in [0.5, 0.6) is 5.75 Å². The van der Waals surface area contributed by atoms with Crippen molar-refractivity contribution in [1.82, 2.24) is 15.5 Å². The number of phenolic OH excluding ortho intramolecular Hbond substituents is 1. The first-order valence-electron chi connectivity index (χ1n) is 12.1. The van der Waals surface area contributed by atoms with E-state index in [4.69, 9.17) is 0 Å². The van der Waals surface area contributed by atoms with Crippen LogP contribution in [0, 0.1) is 0 Å². The van der Waals surface area contributed by atoms with Crippen molar-refractivity contribution in [2.75, 3.05) is 0 Å². The predicted molar refractivity (Wildman–Crippen MR) is 125 cm³/mol. The first-order valence-corrected chi connectivity index (χ1v) is 12.1. The zero-order valence-electron chi connectivity index (χ0n) is 19.0. The number of H-pyrrole nitrogens is 1. The monoisotopic (exact) mass is 415 g/mol. The van der Waals surface area contributed by atoms with Crippen molar-refractivity contribution >= 4 is 16.8 Å². The Balaban J connectivity index is 1.88. The van der Waals surface area contributed by atoms with Gasteiger partial charge < -0.3 is 10.4 Å². The molecule has 1 aromatic heterocycles. The lowest BCUT2D eigenvalue weighted by molar-refractivity contribution is 0.0929. The first-order chi connectivity index (χ1) is 14.7. The average molecular weight is 416 g/mol. The lowest BCUT2D eigenvalue weighted by Gasteiger charge is -2.19. The molecule has 2 aromatic rings. The molecule has 1 aromatic carbocycles. The number of benzene rings is 1. The Hall–Kier alpha value is -2.04. The molecule has 0 atom stereocenters. The number of carbonyl (C=O) groups excluding carboxylic acids is 1. The zero-order chi connectivity index (χ0) is 21.6. The van der Waals surface area contributed by atoms with Gasteiger partial charge in [-0.05, 0) is 18.9 Å². The molecule has 3 N–H and O–H groups in total. The third kappa shape index (κ3) is 8.00. The molecule has 1 heterocycles. The Morgan fingerprint density at radius 2 is 1.50 bits per heavy atom. The van der Waals surface area contributed by atoms with Crippen LogP contribution in [0.1, 0.15) is 114 Å². The molecule has 30 heavy (non-hydrogen) atoms. The maximum atomic E-state index is 12.9. The highest BCUT2D eigenvalue weighted by Crippen LogP contribution is 2.27. The molecule has 0 aliphatic carbocycles. The SMILES string of the molecule is CCCCCCCCC(CCCCCCCC)NC(=O)c1ccc2cn[nH]c2c1O. The van der Waals surface area contributed by atoms with Gasteiger partial charge >= 0.3 is 0 Å². The fourth-order valence-electron chi connectivity index (χ4n) is 4.08. The van der Waals surface area contributed by atoms with Gasteiger partial charge in [-0.2, -0.15) is 5.10 Å². The number of hydrogen-bond acceptors (Lipinski definition) is 3. The summed E-state index contributed by atoms with van der Waals surface area (Å²) in [6.45, 7) is 4.48. The molecule has 0 spiro atoms. The van der Waals surface area contributed by atoms with Gasteiger partial charge in [-0.1, -0.05) is 97.0 Å². The van der Waals surface area contributed by atoms with E-state index in [0.29, 0.717) is 11.1 Å². The minimum absolute atomic E-state index is 0.0135. The predicted octanol–water partition coefficient (Wildman–Crippen LogP) is 6.87. The topological polar surface area (TPSA) is 78.0 Å². The lowest BCUT2D eigenvalue weighted by Crippen LogP contribution is -2.35. The average Bonchev–Trinajstić information content (AvgIpc) is 3.22. The van der Waals surface area contributed by atoms with Crippen molar-refractivity contribution in [1.29, 1.82) is 0 Å². The molecule has 0 radical (unpaired) electrons. The van der Waals surface area contributed by atoms with Crippen LogP contribution < -0.4 is 5.32 Å². The van der Waals surface area contributed by atoms with E-state index in [1.165, 1.54) is 64.2 Å². The van der Waals surface area contributed by atoms with Gasteiger partial charge in [-0.15, -0.1) is 0 Å². The molecule has 0 unspecified atom stereocenters. The second kappa shape index (κ2) is 14.1. The van der Waals surface area contributed by atoms with Crippen LogP contribution in [0.3, 0.4) is 0 Å². The summed E-state index contributed by atoms with van der Waals surface area (Å²) in [5.41, 5.74) is 0.841. The number of nitrogens with zero attached hydrogens (tertiary/aromatic N) is 1. The molecule has 2 rings (SSSR count). The van der Waals surface area contributed by atoms with E-state index < -0.39 is 0 Å². The molecule has 0 fully saturated rings. The number of amides is 1. The summed E-state index contributed by atoms with van der Waals surface area (Å²) < 4.78 is 0. The van der Waals surface area contributed by atoms with E-state index in [0.717, 1.165) is 31.1 Å². The van der Waals surface area contributed by atoms with E-state index in [2.05, 4.69) is 29.4 Å². The van der Waals surface area contributed by atoms with Gasteiger partial charge in [0, 0.05) is 11.4 Å². The van der Waals surface area contributed by atoms with Crippen LogP contribution in [0.4, 0.5) is 0 Å². The van der Waals surface area contributed by atoms with Crippen molar-refractivity contribution < 1.29 is 9.90 Å². The molecule has 0 bridgehead atoms. The van der Waals surface area contributed by atoms with Crippen LogP contribution >= 0.6 is 0 Å². The van der Waals surface area contributed by atoms with Gasteiger partial charge in [0.05, 0.1) is 11.8 Å². The number of unbranched alkanes of at least 4 members (excludes halogenated alkanes) is 10. The number of phenols is 1. The number of rotatable bonds is 16. The number of fused-ring (bicyclic) bond motifs is 1. The second-order valence-corrected chi connectivity index (χ2v) is 8.58. The fraction of sp³-hybridized carbons (Fsp3) is 0.680. The molecule has 168 valence electrons. The van der Waals surface area contributed by atoms with E-state index in [1.807, 2.05) is 6.07 Å². The van der Waals surface area contributed by atoms with Crippen molar-refractivity contribution in [3.63, 3.8) is 0 Å². The number of carbonyl (C=O) groups is 1. The van der Waals surface area contributed by atoms with Gasteiger partial charge in [0.25, 0.3) is 5.91 Å². The van der Waals surface area contributed by atoms with E-state index >= 15 is 0 Å². The summed E-state index contributed by atoms with van der Waals surface area (Å²) in [6, 6.07) is 3.69. The van der Waals surface area contributed by atoms with Gasteiger partial charge in [-0.25, -0.2) is 0 Å². The highest BCUT2D eigenvalue weighted by Gasteiger charge is 2.18. The molecule has 0 aliphatic rings. The standard InChI is InChI=1S/C25H41N3O2/c1-3-5-7-9-11-13-15-21(16-14-12-10-8-6-4-2)27-25(30)22-18-17-20-19-26-28-23(20)24(22)29/h17-19,21,29H,3-16H2,1-2H3,(H,26,28)(H,27,30). The van der Waals surface area contributed by atoms with Crippen LogP contribution in [-0.2, 0) is 0 Å². The summed E-state index contributed by atoms with van der Waals surface area (Å²) in [6.07, 6.45) is 18.8. The molecule has 0 saturated heterocycles. The fourth-order valence-corrected chi connectivity index (χ4v) is 4.08. The van der Waals surface area contributed by atoms with Crippen molar-refractivity contribution in [3.05, 3.63) is 23.9 Å². The number of nitrogens with one attached hydrogen (secondary N) is 2. The van der Waals surface area contributed by atoms with Gasteiger partial charge in [0.15, 0.2) is 5.75 Å². The molecular weight excluding hydrogens is 374 g/mol. The van der Waals surface area contributed by atoms with Crippen molar-refractivity contribution in [2.24, 2.45) is 0 Å². The normalized spacial score (nSPS) is 11.4. The van der Waals surface area contributed by atoms with Crippen LogP contribution in [0.2, 0.25) is 0 Å². The smallest absolute Gasteiger partial charge is 0.255 e. The lowest BCUT2D eigenvalue weighted by atomic mass is 9.99. The summed E-state index contributed by atoms with van der Waals surface area (Å²) in [7, 11) is 0. The first kappa shape index (κ1) is 24.2. The Morgan fingerprint density at radius 3 is 2.10 bits per heavy atom. The van der Waals surface area contributed by atoms with E-state index in [-0.39, 0.29) is 17.7 Å². The summed E-state index contributed by atoms with van der Waals surface area (Å²) in [5, 5.41) is 21.2. The molecule has 5 nitrogen and oxygen atoms in total. The van der Waals surface area contributed by atoms with E-state index in [1.54, 1.807) is 12.3 Å². The van der Waals surface area contributed by atoms with Crippen molar-refractivity contribution in [2.45, 2.75) is 110 Å². The maximum absolute atomic E-state index is 12.9. The second-order valence-electron chi connectivity index (χ2n) is 8.58. The van der Waals surface area contributed by atoms with Crippen LogP contribution in [-0.4, -0.2) is 27.3 Å². The third-order valence-corrected chi connectivity index (χ3v) is 5.98. The Morgan fingerprint density at radius 1 is 0.933 bits per heavy atom. The minimum atomic E-state index is -0.189. The summed E-state index contributed by atoms with van der Waals surface area (Å²) in [5.74, 6) is -0.202. The van der Waals surface area contributed by atoms with Crippen LogP contribution in [0.25, 0.3) is 10.9 Å². The summed E-state index contributed by atoms with van der Waals surface area (Å²) in [4.78, 5) is 12.9. The highest BCUT2D eigenvalue weighted by molar-refractivity contribution is 6.02. The number of hydrogen-bond donors (Lipinski definition) is 3. The number of aromatic nitrogens is 2. The number of aromatic hydroxyl groups is 1.